The lowest BCUT2D eigenvalue weighted by Gasteiger charge is -2.37. The minimum absolute atomic E-state index is 0.0592. The quantitative estimate of drug-likeness (QED) is 0.803. The zero-order valence-corrected chi connectivity index (χ0v) is 17.5. The molecular formula is C22H25NO5S. The van der Waals surface area contributed by atoms with Gasteiger partial charge >= 0.3 is 5.97 Å². The van der Waals surface area contributed by atoms with Crippen molar-refractivity contribution in [2.45, 2.75) is 44.6 Å². The van der Waals surface area contributed by atoms with Gasteiger partial charge in [-0.3, -0.25) is 9.59 Å². The number of nitrogens with zero attached hydrogens (tertiary/aromatic N) is 1. The number of carbonyl (C=O) groups is 2. The lowest BCUT2D eigenvalue weighted by atomic mass is 9.88. The van der Waals surface area contributed by atoms with Crippen molar-refractivity contribution in [3.05, 3.63) is 44.6 Å². The highest BCUT2D eigenvalue weighted by atomic mass is 32.1. The van der Waals surface area contributed by atoms with Crippen LogP contribution in [0.2, 0.25) is 0 Å². The van der Waals surface area contributed by atoms with Gasteiger partial charge in [-0.2, -0.15) is 0 Å². The highest BCUT2D eigenvalue weighted by molar-refractivity contribution is 7.10. The fraction of sp³-hybridized carbons (Fsp3) is 0.455. The van der Waals surface area contributed by atoms with Crippen LogP contribution < -0.4 is 9.47 Å². The summed E-state index contributed by atoms with van der Waals surface area (Å²) in [5.74, 6) is 0.176. The second kappa shape index (κ2) is 8.06. The van der Waals surface area contributed by atoms with Crippen molar-refractivity contribution in [1.29, 1.82) is 0 Å². The lowest BCUT2D eigenvalue weighted by Crippen LogP contribution is -2.41. The van der Waals surface area contributed by atoms with Gasteiger partial charge in [0.1, 0.15) is 0 Å². The largest absolute Gasteiger partial charge is 0.493 e. The van der Waals surface area contributed by atoms with Crippen LogP contribution in [0, 0.1) is 0 Å². The molecule has 1 unspecified atom stereocenters. The standard InChI is InChI=1S/C22H25NO5S/c1-27-18-9-13-7-8-23(17(11-21(24)25)15(13)10-19(18)28-2)22(26)16-12-29-20-6-4-3-5-14(16)20/h9-10,12,17H,3-8,11H2,1-2H3,(H,24,25). The van der Waals surface area contributed by atoms with Crippen molar-refractivity contribution >= 4 is 23.2 Å². The minimum atomic E-state index is -0.928. The monoisotopic (exact) mass is 415 g/mol. The lowest BCUT2D eigenvalue weighted by molar-refractivity contribution is -0.138. The molecule has 1 aliphatic carbocycles. The van der Waals surface area contributed by atoms with Gasteiger partial charge in [0.2, 0.25) is 0 Å². The topological polar surface area (TPSA) is 76.1 Å². The fourth-order valence-corrected chi connectivity index (χ4v) is 5.60. The van der Waals surface area contributed by atoms with Crippen LogP contribution in [0.1, 0.15) is 57.2 Å². The highest BCUT2D eigenvalue weighted by Crippen LogP contribution is 2.41. The smallest absolute Gasteiger partial charge is 0.305 e. The maximum absolute atomic E-state index is 13.5. The van der Waals surface area contributed by atoms with Crippen molar-refractivity contribution in [2.24, 2.45) is 0 Å². The SMILES string of the molecule is COc1cc2c(cc1OC)C(CC(=O)O)N(C(=O)c1csc3c1CCCC3)CC2. The number of rotatable bonds is 5. The number of thiophene rings is 1. The van der Waals surface area contributed by atoms with Gasteiger partial charge in [-0.25, -0.2) is 0 Å². The van der Waals surface area contributed by atoms with Crippen molar-refractivity contribution in [3.63, 3.8) is 0 Å². The molecule has 154 valence electrons. The molecule has 1 aromatic heterocycles. The number of ether oxygens (including phenoxy) is 2. The molecular weight excluding hydrogens is 390 g/mol. The molecule has 1 atom stereocenters. The zero-order chi connectivity index (χ0) is 20.5. The highest BCUT2D eigenvalue weighted by Gasteiger charge is 2.35. The van der Waals surface area contributed by atoms with E-state index in [0.29, 0.717) is 24.5 Å². The number of methoxy groups -OCH3 is 2. The van der Waals surface area contributed by atoms with E-state index >= 15 is 0 Å². The molecule has 0 spiro atoms. The van der Waals surface area contributed by atoms with Gasteiger partial charge in [-0.15, -0.1) is 11.3 Å². The maximum Gasteiger partial charge on any atom is 0.305 e. The Hall–Kier alpha value is -2.54. The van der Waals surface area contributed by atoms with Crippen LogP contribution in [0.4, 0.5) is 0 Å². The van der Waals surface area contributed by atoms with E-state index < -0.39 is 12.0 Å². The van der Waals surface area contributed by atoms with E-state index in [-0.39, 0.29) is 12.3 Å². The number of carboxylic acid groups (broad SMARTS) is 1. The van der Waals surface area contributed by atoms with E-state index in [4.69, 9.17) is 9.47 Å². The third-order valence-electron chi connectivity index (χ3n) is 5.92. The van der Waals surface area contributed by atoms with Gasteiger partial charge < -0.3 is 19.5 Å². The number of carboxylic acids is 1. The molecule has 0 radical (unpaired) electrons. The third-order valence-corrected chi connectivity index (χ3v) is 7.01. The maximum atomic E-state index is 13.5. The fourth-order valence-electron chi connectivity index (χ4n) is 4.48. The van der Waals surface area contributed by atoms with E-state index in [2.05, 4.69) is 0 Å². The Morgan fingerprint density at radius 2 is 1.86 bits per heavy atom. The van der Waals surface area contributed by atoms with Crippen LogP contribution >= 0.6 is 11.3 Å². The summed E-state index contributed by atoms with van der Waals surface area (Å²) in [6.07, 6.45) is 4.75. The molecule has 0 bridgehead atoms. The summed E-state index contributed by atoms with van der Waals surface area (Å²) in [6.45, 7) is 0.490. The molecule has 1 N–H and O–H groups in total. The molecule has 2 aliphatic rings. The summed E-state index contributed by atoms with van der Waals surface area (Å²) in [7, 11) is 3.14. The minimum Gasteiger partial charge on any atom is -0.493 e. The first-order valence-electron chi connectivity index (χ1n) is 9.90. The molecule has 1 aliphatic heterocycles. The molecule has 6 nitrogen and oxygen atoms in total. The molecule has 1 aromatic carbocycles. The number of aryl methyl sites for hydroxylation is 1. The number of benzene rings is 1. The van der Waals surface area contributed by atoms with E-state index in [1.54, 1.807) is 30.5 Å². The van der Waals surface area contributed by atoms with Gasteiger partial charge in [-0.05, 0) is 60.9 Å². The molecule has 0 saturated heterocycles. The summed E-state index contributed by atoms with van der Waals surface area (Å²) < 4.78 is 10.8. The van der Waals surface area contributed by atoms with Crippen LogP contribution in [-0.4, -0.2) is 42.6 Å². The first-order valence-corrected chi connectivity index (χ1v) is 10.8. The Morgan fingerprint density at radius 1 is 1.14 bits per heavy atom. The summed E-state index contributed by atoms with van der Waals surface area (Å²) in [5, 5.41) is 11.5. The van der Waals surface area contributed by atoms with Crippen molar-refractivity contribution in [1.82, 2.24) is 4.90 Å². The zero-order valence-electron chi connectivity index (χ0n) is 16.7. The van der Waals surface area contributed by atoms with Crippen molar-refractivity contribution < 1.29 is 24.2 Å². The second-order valence-corrected chi connectivity index (χ2v) is 8.49. The van der Waals surface area contributed by atoms with Gasteiger partial charge in [0.05, 0.1) is 32.2 Å². The normalized spacial score (nSPS) is 18.0. The van der Waals surface area contributed by atoms with Gasteiger partial charge in [0.25, 0.3) is 5.91 Å². The molecule has 2 aromatic rings. The van der Waals surface area contributed by atoms with Crippen LogP contribution in [0.15, 0.2) is 17.5 Å². The van der Waals surface area contributed by atoms with E-state index in [9.17, 15) is 14.7 Å². The Kier molecular flexibility index (Phi) is 5.50. The second-order valence-electron chi connectivity index (χ2n) is 7.53. The Morgan fingerprint density at radius 3 is 2.59 bits per heavy atom. The predicted molar refractivity (Wildman–Crippen MR) is 110 cm³/mol. The summed E-state index contributed by atoms with van der Waals surface area (Å²) in [6, 6.07) is 3.20. The molecule has 2 heterocycles. The van der Waals surface area contributed by atoms with E-state index in [1.807, 2.05) is 17.5 Å². The van der Waals surface area contributed by atoms with Gasteiger partial charge in [0, 0.05) is 16.8 Å². The Labute approximate surface area is 174 Å². The molecule has 4 rings (SSSR count). The van der Waals surface area contributed by atoms with Crippen LogP contribution in [-0.2, 0) is 24.1 Å². The van der Waals surface area contributed by atoms with Crippen LogP contribution in [0.3, 0.4) is 0 Å². The van der Waals surface area contributed by atoms with Gasteiger partial charge in [0.15, 0.2) is 11.5 Å². The van der Waals surface area contributed by atoms with E-state index in [0.717, 1.165) is 36.0 Å². The molecule has 7 heteroatoms. The molecule has 1 amide bonds. The molecule has 29 heavy (non-hydrogen) atoms. The average Bonchev–Trinajstić information content (AvgIpc) is 3.16. The summed E-state index contributed by atoms with van der Waals surface area (Å²) >= 11 is 1.66. The summed E-state index contributed by atoms with van der Waals surface area (Å²) in [4.78, 5) is 28.2. The van der Waals surface area contributed by atoms with Crippen LogP contribution in [0.25, 0.3) is 0 Å². The van der Waals surface area contributed by atoms with Crippen molar-refractivity contribution in [3.8, 4) is 11.5 Å². The average molecular weight is 416 g/mol. The van der Waals surface area contributed by atoms with E-state index in [1.165, 1.54) is 16.9 Å². The number of hydrogen-bond donors (Lipinski definition) is 1. The first-order chi connectivity index (χ1) is 14.0. The van der Waals surface area contributed by atoms with Gasteiger partial charge in [-0.1, -0.05) is 0 Å². The summed E-state index contributed by atoms with van der Waals surface area (Å²) in [5.41, 5.74) is 3.75. The number of carbonyl (C=O) groups excluding carboxylic acids is 1. The molecule has 0 fully saturated rings. The molecule has 0 saturated carbocycles. The Balaban J connectivity index is 1.73. The number of amides is 1. The van der Waals surface area contributed by atoms with Crippen molar-refractivity contribution in [2.75, 3.05) is 20.8 Å². The Bertz CT molecular complexity index is 951. The number of hydrogen-bond acceptors (Lipinski definition) is 5. The van der Waals surface area contributed by atoms with Crippen LogP contribution in [0.5, 0.6) is 11.5 Å². The number of aliphatic carboxylic acids is 1. The third kappa shape index (κ3) is 3.59. The number of fused-ring (bicyclic) bond motifs is 2. The predicted octanol–water partition coefficient (Wildman–Crippen LogP) is 3.86. The first kappa shape index (κ1) is 19.8.